The van der Waals surface area contributed by atoms with Gasteiger partial charge < -0.3 is 14.8 Å². The molecule has 0 radical (unpaired) electrons. The molecule has 4 rings (SSSR count). The molecule has 0 spiro atoms. The molecular formula is C28H28ClN3O5. The summed E-state index contributed by atoms with van der Waals surface area (Å²) in [5.41, 5.74) is 1.41. The zero-order valence-electron chi connectivity index (χ0n) is 20.9. The topological polar surface area (TPSA) is 91.6 Å². The Balaban J connectivity index is 1.84. The van der Waals surface area contributed by atoms with Crippen molar-refractivity contribution in [1.82, 2.24) is 14.5 Å². The molecule has 9 heteroatoms. The summed E-state index contributed by atoms with van der Waals surface area (Å²) >= 11 is 6.40. The van der Waals surface area contributed by atoms with Gasteiger partial charge in [-0.3, -0.25) is 18.7 Å². The van der Waals surface area contributed by atoms with Crippen LogP contribution in [0.1, 0.15) is 34.8 Å². The zero-order valence-corrected chi connectivity index (χ0v) is 21.7. The van der Waals surface area contributed by atoms with E-state index >= 15 is 0 Å². The van der Waals surface area contributed by atoms with E-state index in [1.807, 2.05) is 25.1 Å². The molecule has 3 aromatic carbocycles. The van der Waals surface area contributed by atoms with Gasteiger partial charge in [-0.05, 0) is 41.8 Å². The number of ether oxygens (including phenoxy) is 2. The van der Waals surface area contributed by atoms with E-state index in [9.17, 15) is 14.4 Å². The summed E-state index contributed by atoms with van der Waals surface area (Å²) in [6, 6.07) is 17.3. The van der Waals surface area contributed by atoms with E-state index in [1.165, 1.54) is 23.4 Å². The Labute approximate surface area is 219 Å². The van der Waals surface area contributed by atoms with Gasteiger partial charge >= 0.3 is 5.69 Å². The number of hydrogen-bond acceptors (Lipinski definition) is 5. The van der Waals surface area contributed by atoms with E-state index in [4.69, 9.17) is 21.1 Å². The summed E-state index contributed by atoms with van der Waals surface area (Å²) in [5, 5.41) is 3.65. The fourth-order valence-corrected chi connectivity index (χ4v) is 4.31. The number of methoxy groups -OCH3 is 2. The lowest BCUT2D eigenvalue weighted by Gasteiger charge is -2.17. The van der Waals surface area contributed by atoms with E-state index in [1.54, 1.807) is 42.5 Å². The number of carbonyl (C=O) groups is 1. The van der Waals surface area contributed by atoms with Crippen LogP contribution in [0.3, 0.4) is 0 Å². The van der Waals surface area contributed by atoms with Gasteiger partial charge in [0.05, 0.1) is 38.2 Å². The van der Waals surface area contributed by atoms with Crippen molar-refractivity contribution in [3.8, 4) is 11.5 Å². The number of hydrogen-bond donors (Lipinski definition) is 1. The molecule has 0 aliphatic carbocycles. The van der Waals surface area contributed by atoms with E-state index in [0.29, 0.717) is 45.1 Å². The highest BCUT2D eigenvalue weighted by atomic mass is 35.5. The van der Waals surface area contributed by atoms with Crippen LogP contribution in [0.25, 0.3) is 10.9 Å². The first-order chi connectivity index (χ1) is 17.9. The van der Waals surface area contributed by atoms with Gasteiger partial charge in [0.2, 0.25) is 0 Å². The van der Waals surface area contributed by atoms with E-state index in [-0.39, 0.29) is 19.0 Å². The molecule has 1 amide bonds. The van der Waals surface area contributed by atoms with Crippen molar-refractivity contribution >= 4 is 28.4 Å². The molecule has 0 saturated heterocycles. The summed E-state index contributed by atoms with van der Waals surface area (Å²) < 4.78 is 13.5. The van der Waals surface area contributed by atoms with Crippen molar-refractivity contribution in [2.45, 2.75) is 26.4 Å². The molecule has 1 N–H and O–H groups in total. The highest BCUT2D eigenvalue weighted by molar-refractivity contribution is 6.31. The molecule has 0 atom stereocenters. The Morgan fingerprint density at radius 3 is 2.24 bits per heavy atom. The number of nitrogens with zero attached hydrogens (tertiary/aromatic N) is 2. The average Bonchev–Trinajstić information content (AvgIpc) is 2.92. The second-order valence-electron chi connectivity index (χ2n) is 8.53. The molecule has 4 aromatic rings. The Kier molecular flexibility index (Phi) is 7.98. The van der Waals surface area contributed by atoms with Crippen LogP contribution in [0.4, 0.5) is 0 Å². The van der Waals surface area contributed by atoms with Crippen molar-refractivity contribution in [1.29, 1.82) is 0 Å². The predicted molar refractivity (Wildman–Crippen MR) is 144 cm³/mol. The van der Waals surface area contributed by atoms with Gasteiger partial charge in [-0.2, -0.15) is 0 Å². The molecule has 192 valence electrons. The van der Waals surface area contributed by atoms with E-state index in [2.05, 4.69) is 5.32 Å². The fraction of sp³-hybridized carbons (Fsp3) is 0.250. The molecule has 0 fully saturated rings. The standard InChI is InChI=1S/C28H28ClN3O5/c1-4-13-30-26(33)19-11-9-18(10-12-19)16-32-27(34)21-14-24(36-2)25(37-3)15-23(21)31(28(32)35)17-20-7-5-6-8-22(20)29/h5-12,14-15H,4,13,16-17H2,1-3H3,(H,30,33). The third-order valence-corrected chi connectivity index (χ3v) is 6.48. The lowest BCUT2D eigenvalue weighted by Crippen LogP contribution is -2.40. The first-order valence-corrected chi connectivity index (χ1v) is 12.3. The molecule has 0 saturated carbocycles. The van der Waals surface area contributed by atoms with Gasteiger partial charge in [0, 0.05) is 23.2 Å². The van der Waals surface area contributed by atoms with Crippen LogP contribution in [0, 0.1) is 0 Å². The maximum Gasteiger partial charge on any atom is 0.332 e. The number of aromatic nitrogens is 2. The van der Waals surface area contributed by atoms with Crippen LogP contribution in [0.2, 0.25) is 5.02 Å². The first kappa shape index (κ1) is 26.0. The number of rotatable bonds is 9. The van der Waals surface area contributed by atoms with Gasteiger partial charge in [0.15, 0.2) is 11.5 Å². The number of fused-ring (bicyclic) bond motifs is 1. The quantitative estimate of drug-likeness (QED) is 0.358. The van der Waals surface area contributed by atoms with Gasteiger partial charge in [-0.1, -0.05) is 48.9 Å². The molecule has 1 aromatic heterocycles. The molecule has 0 bridgehead atoms. The summed E-state index contributed by atoms with van der Waals surface area (Å²) in [7, 11) is 2.98. The van der Waals surface area contributed by atoms with Gasteiger partial charge in [-0.25, -0.2) is 4.79 Å². The number of amides is 1. The third kappa shape index (κ3) is 5.39. The van der Waals surface area contributed by atoms with Crippen LogP contribution in [-0.2, 0) is 13.1 Å². The first-order valence-electron chi connectivity index (χ1n) is 11.9. The summed E-state index contributed by atoms with van der Waals surface area (Å²) in [6.07, 6.45) is 0.839. The molecule has 1 heterocycles. The smallest absolute Gasteiger partial charge is 0.332 e. The number of nitrogens with one attached hydrogen (secondary N) is 1. The predicted octanol–water partition coefficient (Wildman–Crippen LogP) is 4.07. The second kappa shape index (κ2) is 11.3. The van der Waals surface area contributed by atoms with Crippen molar-refractivity contribution < 1.29 is 14.3 Å². The van der Waals surface area contributed by atoms with E-state index in [0.717, 1.165) is 12.0 Å². The zero-order chi connectivity index (χ0) is 26.5. The Morgan fingerprint density at radius 2 is 1.59 bits per heavy atom. The van der Waals surface area contributed by atoms with Crippen LogP contribution < -0.4 is 26.0 Å². The molecule has 0 unspecified atom stereocenters. The van der Waals surface area contributed by atoms with Crippen molar-refractivity contribution in [2.24, 2.45) is 0 Å². The lowest BCUT2D eigenvalue weighted by molar-refractivity contribution is 0.0953. The lowest BCUT2D eigenvalue weighted by atomic mass is 10.1. The largest absolute Gasteiger partial charge is 0.493 e. The highest BCUT2D eigenvalue weighted by Gasteiger charge is 2.18. The molecule has 8 nitrogen and oxygen atoms in total. The minimum atomic E-state index is -0.491. The fourth-order valence-electron chi connectivity index (χ4n) is 4.12. The van der Waals surface area contributed by atoms with Crippen LogP contribution in [0.15, 0.2) is 70.3 Å². The number of carbonyl (C=O) groups excluding carboxylic acids is 1. The van der Waals surface area contributed by atoms with Gasteiger partial charge in [-0.15, -0.1) is 0 Å². The number of benzene rings is 3. The maximum atomic E-state index is 13.7. The second-order valence-corrected chi connectivity index (χ2v) is 8.94. The average molecular weight is 522 g/mol. The normalized spacial score (nSPS) is 10.9. The van der Waals surface area contributed by atoms with Crippen molar-refractivity contribution in [2.75, 3.05) is 20.8 Å². The van der Waals surface area contributed by atoms with Crippen LogP contribution in [-0.4, -0.2) is 35.8 Å². The molecule has 0 aliphatic heterocycles. The summed E-state index contributed by atoms with van der Waals surface area (Å²) in [6.45, 7) is 2.75. The van der Waals surface area contributed by atoms with Gasteiger partial charge in [0.25, 0.3) is 11.5 Å². The van der Waals surface area contributed by atoms with Crippen LogP contribution in [0.5, 0.6) is 11.5 Å². The SMILES string of the molecule is CCCNC(=O)c1ccc(Cn2c(=O)c3cc(OC)c(OC)cc3n(Cc3ccccc3Cl)c2=O)cc1. The Morgan fingerprint density at radius 1 is 0.919 bits per heavy atom. The number of halogens is 1. The maximum absolute atomic E-state index is 13.7. The minimum absolute atomic E-state index is 0.0291. The molecule has 37 heavy (non-hydrogen) atoms. The monoisotopic (exact) mass is 521 g/mol. The van der Waals surface area contributed by atoms with Crippen molar-refractivity contribution in [3.63, 3.8) is 0 Å². The third-order valence-electron chi connectivity index (χ3n) is 6.11. The highest BCUT2D eigenvalue weighted by Crippen LogP contribution is 2.31. The summed E-state index contributed by atoms with van der Waals surface area (Å²) in [5.74, 6) is 0.611. The van der Waals surface area contributed by atoms with Crippen molar-refractivity contribution in [3.05, 3.63) is 103 Å². The molecule has 0 aliphatic rings. The Hall–Kier alpha value is -4.04. The molecular weight excluding hydrogens is 494 g/mol. The summed E-state index contributed by atoms with van der Waals surface area (Å²) in [4.78, 5) is 39.5. The van der Waals surface area contributed by atoms with Crippen LogP contribution >= 0.6 is 11.6 Å². The Bertz CT molecular complexity index is 1560. The minimum Gasteiger partial charge on any atom is -0.493 e. The van der Waals surface area contributed by atoms with Gasteiger partial charge in [0.1, 0.15) is 0 Å². The van der Waals surface area contributed by atoms with E-state index < -0.39 is 11.2 Å².